The van der Waals surface area contributed by atoms with E-state index in [0.717, 1.165) is 19.3 Å². The number of nitrogens with one attached hydrogen (secondary N) is 1. The third kappa shape index (κ3) is 5.23. The maximum atomic E-state index is 12.4. The van der Waals surface area contributed by atoms with Crippen molar-refractivity contribution >= 4 is 23.5 Å². The lowest BCUT2D eigenvalue weighted by Gasteiger charge is -2.29. The molecule has 0 saturated heterocycles. The Morgan fingerprint density at radius 1 is 1.24 bits per heavy atom. The summed E-state index contributed by atoms with van der Waals surface area (Å²) in [6, 6.07) is 8.22. The molecule has 1 N–H and O–H groups in total. The van der Waals surface area contributed by atoms with E-state index in [2.05, 4.69) is 17.3 Å². The maximum Gasteiger partial charge on any atom is 0.363 e. The van der Waals surface area contributed by atoms with Crippen LogP contribution in [0.25, 0.3) is 5.69 Å². The van der Waals surface area contributed by atoms with E-state index in [4.69, 9.17) is 16.3 Å². The van der Waals surface area contributed by atoms with Crippen LogP contribution in [-0.2, 0) is 9.53 Å². The van der Waals surface area contributed by atoms with Crippen LogP contribution in [0, 0.1) is 12.8 Å². The first kappa shape index (κ1) is 21.0. The SMILES string of the molecule is Cc1cc(=O)c(C(=O)OCC(=O)N[C@H]2CCCC[C@@H]2C)nn1-c1ccc(Cl)cc1. The highest BCUT2D eigenvalue weighted by atomic mass is 35.5. The summed E-state index contributed by atoms with van der Waals surface area (Å²) in [4.78, 5) is 36.7. The number of carbonyl (C=O) groups is 2. The number of benzene rings is 1. The number of hydrogen-bond donors (Lipinski definition) is 1. The average Bonchev–Trinajstić information content (AvgIpc) is 2.69. The average molecular weight is 418 g/mol. The highest BCUT2D eigenvalue weighted by Crippen LogP contribution is 2.23. The molecule has 7 nitrogen and oxygen atoms in total. The number of hydrogen-bond acceptors (Lipinski definition) is 5. The molecule has 2 atom stereocenters. The Bertz CT molecular complexity index is 955. The van der Waals surface area contributed by atoms with Crippen LogP contribution in [0.1, 0.15) is 48.8 Å². The smallest absolute Gasteiger partial charge is 0.363 e. The molecule has 1 aliphatic carbocycles. The van der Waals surface area contributed by atoms with Crippen molar-refractivity contribution in [3.8, 4) is 5.69 Å². The van der Waals surface area contributed by atoms with Gasteiger partial charge in [0.25, 0.3) is 5.91 Å². The maximum absolute atomic E-state index is 12.4. The monoisotopic (exact) mass is 417 g/mol. The van der Waals surface area contributed by atoms with E-state index in [-0.39, 0.29) is 17.6 Å². The van der Waals surface area contributed by atoms with Crippen molar-refractivity contribution in [2.24, 2.45) is 5.92 Å². The molecule has 1 heterocycles. The molecule has 1 amide bonds. The second kappa shape index (κ2) is 9.22. The highest BCUT2D eigenvalue weighted by molar-refractivity contribution is 6.30. The van der Waals surface area contributed by atoms with Crippen LogP contribution >= 0.6 is 11.6 Å². The molecule has 1 saturated carbocycles. The molecule has 1 fully saturated rings. The quantitative estimate of drug-likeness (QED) is 0.755. The lowest BCUT2D eigenvalue weighted by Crippen LogP contribution is -2.43. The number of halogens is 1. The van der Waals surface area contributed by atoms with Gasteiger partial charge in [-0.15, -0.1) is 0 Å². The predicted molar refractivity (Wildman–Crippen MR) is 109 cm³/mol. The fraction of sp³-hybridized carbons (Fsp3) is 0.429. The number of aromatic nitrogens is 2. The highest BCUT2D eigenvalue weighted by Gasteiger charge is 2.24. The fourth-order valence-corrected chi connectivity index (χ4v) is 3.64. The molecule has 0 aliphatic heterocycles. The lowest BCUT2D eigenvalue weighted by molar-refractivity contribution is -0.125. The Kier molecular flexibility index (Phi) is 6.69. The first-order chi connectivity index (χ1) is 13.8. The van der Waals surface area contributed by atoms with Crippen LogP contribution < -0.4 is 10.7 Å². The summed E-state index contributed by atoms with van der Waals surface area (Å²) >= 11 is 5.90. The summed E-state index contributed by atoms with van der Waals surface area (Å²) in [5.41, 5.74) is 0.270. The number of nitrogens with zero attached hydrogens (tertiary/aromatic N) is 2. The molecule has 0 unspecified atom stereocenters. The zero-order valence-corrected chi connectivity index (χ0v) is 17.2. The second-order valence-corrected chi connectivity index (χ2v) is 7.84. The van der Waals surface area contributed by atoms with Gasteiger partial charge in [-0.2, -0.15) is 5.10 Å². The van der Waals surface area contributed by atoms with E-state index in [1.165, 1.54) is 17.2 Å². The van der Waals surface area contributed by atoms with Crippen molar-refractivity contribution in [1.29, 1.82) is 0 Å². The molecule has 0 radical (unpaired) electrons. The molecular formula is C21H24ClN3O4. The number of esters is 1. The van der Waals surface area contributed by atoms with E-state index < -0.39 is 18.0 Å². The summed E-state index contributed by atoms with van der Waals surface area (Å²) in [5.74, 6) is -0.902. The molecule has 2 aromatic rings. The Hall–Kier alpha value is -2.67. The standard InChI is InChI=1S/C21H24ClN3O4/c1-13-5-3-4-6-17(13)23-19(27)12-29-21(28)20-18(26)11-14(2)25(24-20)16-9-7-15(22)8-10-16/h7-11,13,17H,3-6,12H2,1-2H3,(H,23,27)/t13-,17-/m0/s1. The zero-order valence-electron chi connectivity index (χ0n) is 16.5. The normalized spacial score (nSPS) is 18.9. The van der Waals surface area contributed by atoms with E-state index in [1.54, 1.807) is 31.2 Å². The van der Waals surface area contributed by atoms with E-state index in [0.29, 0.717) is 22.3 Å². The van der Waals surface area contributed by atoms with Crippen molar-refractivity contribution in [2.45, 2.75) is 45.6 Å². The van der Waals surface area contributed by atoms with Gasteiger partial charge in [-0.3, -0.25) is 9.59 Å². The van der Waals surface area contributed by atoms with Crippen LogP contribution in [0.3, 0.4) is 0 Å². The summed E-state index contributed by atoms with van der Waals surface area (Å²) in [6.45, 7) is 3.36. The van der Waals surface area contributed by atoms with Gasteiger partial charge < -0.3 is 10.1 Å². The molecule has 3 rings (SSSR count). The van der Waals surface area contributed by atoms with Gasteiger partial charge in [-0.25, -0.2) is 9.48 Å². The lowest BCUT2D eigenvalue weighted by atomic mass is 9.86. The fourth-order valence-electron chi connectivity index (χ4n) is 3.51. The third-order valence-corrected chi connectivity index (χ3v) is 5.42. The Labute approximate surface area is 174 Å². The van der Waals surface area contributed by atoms with E-state index >= 15 is 0 Å². The Morgan fingerprint density at radius 3 is 2.62 bits per heavy atom. The van der Waals surface area contributed by atoms with Gasteiger partial charge in [0.2, 0.25) is 11.1 Å². The molecule has 154 valence electrons. The van der Waals surface area contributed by atoms with Gasteiger partial charge in [0.1, 0.15) is 0 Å². The molecule has 29 heavy (non-hydrogen) atoms. The largest absolute Gasteiger partial charge is 0.451 e. The molecular weight excluding hydrogens is 394 g/mol. The van der Waals surface area contributed by atoms with Crippen LogP contribution in [0.4, 0.5) is 0 Å². The van der Waals surface area contributed by atoms with Crippen molar-refractivity contribution in [2.75, 3.05) is 6.61 Å². The molecule has 1 aromatic carbocycles. The van der Waals surface area contributed by atoms with Gasteiger partial charge in [0.15, 0.2) is 6.61 Å². The van der Waals surface area contributed by atoms with Gasteiger partial charge in [0.05, 0.1) is 5.69 Å². The minimum Gasteiger partial charge on any atom is -0.451 e. The summed E-state index contributed by atoms with van der Waals surface area (Å²) in [6.07, 6.45) is 4.24. The van der Waals surface area contributed by atoms with Gasteiger partial charge in [-0.1, -0.05) is 31.4 Å². The van der Waals surface area contributed by atoms with Crippen LogP contribution in [0.5, 0.6) is 0 Å². The molecule has 0 spiro atoms. The summed E-state index contributed by atoms with van der Waals surface area (Å²) < 4.78 is 6.51. The molecule has 1 aromatic heterocycles. The predicted octanol–water partition coefficient (Wildman–Crippen LogP) is 3.05. The first-order valence-corrected chi connectivity index (χ1v) is 10.1. The van der Waals surface area contributed by atoms with Crippen molar-refractivity contribution in [1.82, 2.24) is 15.1 Å². The third-order valence-electron chi connectivity index (χ3n) is 5.16. The number of carbonyl (C=O) groups excluding carboxylic acids is 2. The zero-order chi connectivity index (χ0) is 21.0. The molecule has 1 aliphatic rings. The van der Waals surface area contributed by atoms with Gasteiger partial charge in [-0.05, 0) is 49.9 Å². The number of ether oxygens (including phenoxy) is 1. The summed E-state index contributed by atoms with van der Waals surface area (Å²) in [7, 11) is 0. The van der Waals surface area contributed by atoms with Crippen LogP contribution in [0.2, 0.25) is 5.02 Å². The minimum absolute atomic E-state index is 0.0922. The minimum atomic E-state index is -0.926. The first-order valence-electron chi connectivity index (χ1n) is 9.68. The Morgan fingerprint density at radius 2 is 1.93 bits per heavy atom. The number of amides is 1. The topological polar surface area (TPSA) is 90.3 Å². The van der Waals surface area contributed by atoms with Gasteiger partial charge in [0, 0.05) is 22.8 Å². The van der Waals surface area contributed by atoms with Crippen molar-refractivity contribution < 1.29 is 14.3 Å². The van der Waals surface area contributed by atoms with E-state index in [1.807, 2.05) is 0 Å². The molecule has 8 heteroatoms. The van der Waals surface area contributed by atoms with Crippen LogP contribution in [0.15, 0.2) is 35.1 Å². The van der Waals surface area contributed by atoms with Crippen LogP contribution in [-0.4, -0.2) is 34.3 Å². The Balaban J connectivity index is 1.68. The van der Waals surface area contributed by atoms with Gasteiger partial charge >= 0.3 is 5.97 Å². The second-order valence-electron chi connectivity index (χ2n) is 7.40. The van der Waals surface area contributed by atoms with E-state index in [9.17, 15) is 14.4 Å². The summed E-state index contributed by atoms with van der Waals surface area (Å²) in [5, 5.41) is 7.60. The number of rotatable bonds is 5. The number of aryl methyl sites for hydroxylation is 1. The molecule has 0 bridgehead atoms. The van der Waals surface area contributed by atoms with Crippen molar-refractivity contribution in [3.63, 3.8) is 0 Å². The van der Waals surface area contributed by atoms with Crippen molar-refractivity contribution in [3.05, 3.63) is 57.0 Å².